The van der Waals surface area contributed by atoms with Crippen molar-refractivity contribution < 1.29 is 18.4 Å². The van der Waals surface area contributed by atoms with Crippen molar-refractivity contribution in [2.45, 2.75) is 6.04 Å². The van der Waals surface area contributed by atoms with Crippen LogP contribution in [0, 0.1) is 0 Å². The molecule has 0 fully saturated rings. The van der Waals surface area contributed by atoms with Crippen molar-refractivity contribution in [3.05, 3.63) is 73.3 Å². The van der Waals surface area contributed by atoms with Crippen LogP contribution in [0.1, 0.15) is 0 Å². The quantitative estimate of drug-likeness (QED) is 0.427. The lowest BCUT2D eigenvalue weighted by Crippen LogP contribution is -2.31. The third kappa shape index (κ3) is 5.45. The molecular weight excluding hydrogens is 296 g/mol. The lowest BCUT2D eigenvalue weighted by Gasteiger charge is -2.18. The number of rotatable bonds is 8. The predicted octanol–water partition coefficient (Wildman–Crippen LogP) is 3.09. The van der Waals surface area contributed by atoms with Gasteiger partial charge in [0.05, 0.1) is 6.61 Å². The van der Waals surface area contributed by atoms with E-state index in [4.69, 9.17) is 13.6 Å². The summed E-state index contributed by atoms with van der Waals surface area (Å²) in [4.78, 5) is 11.1. The van der Waals surface area contributed by atoms with E-state index < -0.39 is 15.3 Å². The third-order valence-corrected chi connectivity index (χ3v) is 4.56. The zero-order valence-corrected chi connectivity index (χ0v) is 13.3. The highest BCUT2D eigenvalue weighted by Gasteiger charge is 2.18. The van der Waals surface area contributed by atoms with Gasteiger partial charge in [-0.25, -0.2) is 4.79 Å². The van der Waals surface area contributed by atoms with Gasteiger partial charge in [-0.2, -0.15) is 0 Å². The lowest BCUT2D eigenvalue weighted by atomic mass is 10.3. The first kappa shape index (κ1) is 15.8. The van der Waals surface area contributed by atoms with Gasteiger partial charge in [-0.05, 0) is 24.3 Å². The van der Waals surface area contributed by atoms with E-state index >= 15 is 0 Å². The Morgan fingerprint density at radius 1 is 0.955 bits per heavy atom. The fourth-order valence-electron chi connectivity index (χ4n) is 1.76. The van der Waals surface area contributed by atoms with Gasteiger partial charge in [-0.1, -0.05) is 43.0 Å². The van der Waals surface area contributed by atoms with E-state index in [2.05, 4.69) is 6.58 Å². The first-order valence-electron chi connectivity index (χ1n) is 7.00. The van der Waals surface area contributed by atoms with Crippen LogP contribution >= 0.6 is 0 Å². The Kier molecular flexibility index (Phi) is 6.26. The van der Waals surface area contributed by atoms with Crippen molar-refractivity contribution in [2.24, 2.45) is 0 Å². The second-order valence-corrected chi connectivity index (χ2v) is 6.36. The van der Waals surface area contributed by atoms with E-state index in [1.807, 2.05) is 60.7 Å². The SMILES string of the molecule is C=CC(=O)OCC[SiH](Oc1ccccc1)Oc1ccccc1. The highest BCUT2D eigenvalue weighted by atomic mass is 28.3. The predicted molar refractivity (Wildman–Crippen MR) is 87.3 cm³/mol. The van der Waals surface area contributed by atoms with Gasteiger partial charge in [-0.15, -0.1) is 0 Å². The summed E-state index contributed by atoms with van der Waals surface area (Å²) in [5.74, 6) is 1.07. The number of hydrogen-bond acceptors (Lipinski definition) is 4. The van der Waals surface area contributed by atoms with Crippen LogP contribution in [-0.4, -0.2) is 21.9 Å². The van der Waals surface area contributed by atoms with Gasteiger partial charge < -0.3 is 13.6 Å². The van der Waals surface area contributed by atoms with Crippen LogP contribution in [0.3, 0.4) is 0 Å². The van der Waals surface area contributed by atoms with Crippen LogP contribution in [0.15, 0.2) is 73.3 Å². The molecule has 0 aliphatic carbocycles. The van der Waals surface area contributed by atoms with E-state index in [0.717, 1.165) is 17.6 Å². The minimum absolute atomic E-state index is 0.251. The molecule has 0 bridgehead atoms. The highest BCUT2D eigenvalue weighted by molar-refractivity contribution is 6.46. The number of benzene rings is 2. The summed E-state index contributed by atoms with van der Waals surface area (Å²) in [5, 5.41) is 0. The zero-order valence-electron chi connectivity index (χ0n) is 12.2. The summed E-state index contributed by atoms with van der Waals surface area (Å²) in [6.07, 6.45) is 1.15. The van der Waals surface area contributed by atoms with E-state index in [-0.39, 0.29) is 6.61 Å². The monoisotopic (exact) mass is 314 g/mol. The minimum atomic E-state index is -2.07. The van der Waals surface area contributed by atoms with Gasteiger partial charge in [0.2, 0.25) is 0 Å². The number of carbonyl (C=O) groups excluding carboxylic acids is 1. The molecule has 0 aromatic heterocycles. The lowest BCUT2D eigenvalue weighted by molar-refractivity contribution is -0.137. The maximum Gasteiger partial charge on any atom is 0.447 e. The Morgan fingerprint density at radius 2 is 1.45 bits per heavy atom. The van der Waals surface area contributed by atoms with Gasteiger partial charge in [-0.3, -0.25) is 0 Å². The smallest absolute Gasteiger partial charge is 0.447 e. The number of carbonyl (C=O) groups is 1. The second kappa shape index (κ2) is 8.69. The molecule has 4 nitrogen and oxygen atoms in total. The Morgan fingerprint density at radius 3 is 1.91 bits per heavy atom. The molecule has 0 saturated heterocycles. The first-order chi connectivity index (χ1) is 10.8. The molecule has 0 N–H and O–H groups in total. The standard InChI is InChI=1S/C17H18O4Si/c1-2-17(18)19-13-14-22(20-15-9-5-3-6-10-15)21-16-11-7-4-8-12-16/h2-12,22H,1,13-14H2. The van der Waals surface area contributed by atoms with E-state index in [0.29, 0.717) is 6.04 Å². The molecule has 0 radical (unpaired) electrons. The number of ether oxygens (including phenoxy) is 1. The average Bonchev–Trinajstić information content (AvgIpc) is 2.56. The molecule has 0 saturated carbocycles. The molecule has 0 heterocycles. The molecule has 2 rings (SSSR count). The van der Waals surface area contributed by atoms with E-state index in [1.54, 1.807) is 0 Å². The molecule has 114 valence electrons. The van der Waals surface area contributed by atoms with E-state index in [1.165, 1.54) is 0 Å². The average molecular weight is 314 g/mol. The van der Waals surface area contributed by atoms with Crippen molar-refractivity contribution in [3.63, 3.8) is 0 Å². The van der Waals surface area contributed by atoms with Crippen LogP contribution in [0.25, 0.3) is 0 Å². The Labute approximate surface area is 131 Å². The van der Waals surface area contributed by atoms with Crippen LogP contribution in [0.5, 0.6) is 11.5 Å². The molecule has 2 aromatic rings. The summed E-state index contributed by atoms with van der Waals surface area (Å²) < 4.78 is 16.9. The maximum atomic E-state index is 11.1. The fourth-order valence-corrected chi connectivity index (χ4v) is 3.27. The molecule has 5 heteroatoms. The van der Waals surface area contributed by atoms with Crippen molar-refractivity contribution in [3.8, 4) is 11.5 Å². The second-order valence-electron chi connectivity index (χ2n) is 4.45. The number of hydrogen-bond donors (Lipinski definition) is 0. The molecule has 22 heavy (non-hydrogen) atoms. The fraction of sp³-hybridized carbons (Fsp3) is 0.118. The largest absolute Gasteiger partial charge is 0.514 e. The molecule has 2 aromatic carbocycles. The summed E-state index contributed by atoms with van der Waals surface area (Å²) in [6.45, 7) is 3.62. The normalized spacial score (nSPS) is 10.0. The van der Waals surface area contributed by atoms with Gasteiger partial charge in [0, 0.05) is 12.1 Å². The third-order valence-electron chi connectivity index (χ3n) is 2.79. The summed E-state index contributed by atoms with van der Waals surface area (Å²) in [7, 11) is -2.07. The summed E-state index contributed by atoms with van der Waals surface area (Å²) in [5.41, 5.74) is 0. The minimum Gasteiger partial charge on any atom is -0.514 e. The van der Waals surface area contributed by atoms with Gasteiger partial charge in [0.15, 0.2) is 0 Å². The van der Waals surface area contributed by atoms with Crippen molar-refractivity contribution in [1.82, 2.24) is 0 Å². The van der Waals surface area contributed by atoms with Crippen molar-refractivity contribution in [1.29, 1.82) is 0 Å². The molecule has 0 aliphatic heterocycles. The van der Waals surface area contributed by atoms with Gasteiger partial charge in [0.25, 0.3) is 0 Å². The van der Waals surface area contributed by atoms with Crippen LogP contribution in [0.2, 0.25) is 6.04 Å². The van der Waals surface area contributed by atoms with Crippen molar-refractivity contribution >= 4 is 15.3 Å². The van der Waals surface area contributed by atoms with Gasteiger partial charge >= 0.3 is 15.3 Å². The molecule has 0 aliphatic rings. The Balaban J connectivity index is 1.96. The molecule has 0 spiro atoms. The number of para-hydroxylation sites is 2. The zero-order chi connectivity index (χ0) is 15.6. The molecular formula is C17H18O4Si. The molecule has 0 unspecified atom stereocenters. The Bertz CT molecular complexity index is 545. The first-order valence-corrected chi connectivity index (χ1v) is 8.76. The molecule has 0 amide bonds. The maximum absolute atomic E-state index is 11.1. The van der Waals surface area contributed by atoms with Crippen LogP contribution in [-0.2, 0) is 9.53 Å². The summed E-state index contributed by atoms with van der Waals surface area (Å²) in [6, 6.07) is 19.5. The Hall–Kier alpha value is -2.53. The topological polar surface area (TPSA) is 44.8 Å². The van der Waals surface area contributed by atoms with Crippen LogP contribution in [0.4, 0.5) is 0 Å². The number of esters is 1. The van der Waals surface area contributed by atoms with Gasteiger partial charge in [0.1, 0.15) is 11.5 Å². The summed E-state index contributed by atoms with van der Waals surface area (Å²) >= 11 is 0. The van der Waals surface area contributed by atoms with Crippen molar-refractivity contribution in [2.75, 3.05) is 6.61 Å². The highest BCUT2D eigenvalue weighted by Crippen LogP contribution is 2.16. The van der Waals surface area contributed by atoms with E-state index in [9.17, 15) is 4.79 Å². The molecule has 0 atom stereocenters. The van der Waals surface area contributed by atoms with Crippen LogP contribution < -0.4 is 8.85 Å².